The number of benzene rings is 3. The summed E-state index contributed by atoms with van der Waals surface area (Å²) in [6, 6.07) is 23.1. The first-order valence-corrected chi connectivity index (χ1v) is 8.76. The zero-order valence-electron chi connectivity index (χ0n) is 13.4. The van der Waals surface area contributed by atoms with Crippen LogP contribution in [0, 0.1) is 0 Å². The van der Waals surface area contributed by atoms with Crippen molar-refractivity contribution in [3.05, 3.63) is 77.7 Å². The van der Waals surface area contributed by atoms with Gasteiger partial charge < -0.3 is 5.73 Å². The fourth-order valence-electron chi connectivity index (χ4n) is 2.76. The highest BCUT2D eigenvalue weighted by atomic mass is 32.1. The lowest BCUT2D eigenvalue weighted by Gasteiger charge is -2.07. The van der Waals surface area contributed by atoms with Gasteiger partial charge in [-0.1, -0.05) is 60.7 Å². The Morgan fingerprint density at radius 1 is 1.00 bits per heavy atom. The second kappa shape index (κ2) is 6.75. The van der Waals surface area contributed by atoms with Crippen molar-refractivity contribution in [3.63, 3.8) is 0 Å². The third-order valence-electron chi connectivity index (χ3n) is 3.88. The van der Waals surface area contributed by atoms with Gasteiger partial charge in [-0.15, -0.1) is 11.3 Å². The molecule has 4 aromatic rings. The van der Waals surface area contributed by atoms with Crippen molar-refractivity contribution in [2.24, 2.45) is 5.10 Å². The maximum absolute atomic E-state index is 5.60. The molecule has 0 fully saturated rings. The minimum absolute atomic E-state index is 0.501. The number of hydrogen-bond acceptors (Lipinski definition) is 5. The number of nitrogens with two attached hydrogens (primary N) is 1. The van der Waals surface area contributed by atoms with Gasteiger partial charge >= 0.3 is 0 Å². The molecule has 0 saturated heterocycles. The molecule has 0 saturated carbocycles. The van der Waals surface area contributed by atoms with E-state index in [1.165, 1.54) is 33.2 Å². The van der Waals surface area contributed by atoms with E-state index in [1.807, 2.05) is 12.1 Å². The van der Waals surface area contributed by atoms with Crippen LogP contribution in [0.2, 0.25) is 0 Å². The molecule has 3 N–H and O–H groups in total. The Morgan fingerprint density at radius 2 is 1.84 bits per heavy atom. The van der Waals surface area contributed by atoms with Gasteiger partial charge in [0.25, 0.3) is 0 Å². The van der Waals surface area contributed by atoms with Gasteiger partial charge in [-0.2, -0.15) is 5.10 Å². The van der Waals surface area contributed by atoms with Crippen LogP contribution in [0.5, 0.6) is 0 Å². The molecule has 0 amide bonds. The van der Waals surface area contributed by atoms with E-state index in [1.54, 1.807) is 11.6 Å². The first-order valence-electron chi connectivity index (χ1n) is 7.88. The summed E-state index contributed by atoms with van der Waals surface area (Å²) in [5, 5.41) is 9.18. The molecule has 0 aliphatic carbocycles. The quantitative estimate of drug-likeness (QED) is 0.405. The van der Waals surface area contributed by atoms with Crippen LogP contribution in [0.1, 0.15) is 5.56 Å². The van der Waals surface area contributed by atoms with E-state index in [9.17, 15) is 0 Å². The lowest BCUT2D eigenvalue weighted by atomic mass is 9.97. The van der Waals surface area contributed by atoms with E-state index < -0.39 is 0 Å². The average Bonchev–Trinajstić information content (AvgIpc) is 3.07. The minimum atomic E-state index is 0.501. The molecule has 0 unspecified atom stereocenters. The molecule has 0 aliphatic heterocycles. The standard InChI is InChI=1S/C20H16N4S/c21-19-13-25-20(23-19)24-22-12-14-5-3-8-16(11-14)18-10-4-7-15-6-1-2-9-17(15)18/h1-13H,21H2,(H,23,24). The molecule has 0 spiro atoms. The van der Waals surface area contributed by atoms with Gasteiger partial charge in [-0.3, -0.25) is 5.43 Å². The number of nitrogens with one attached hydrogen (secondary N) is 1. The smallest absolute Gasteiger partial charge is 0.205 e. The van der Waals surface area contributed by atoms with Gasteiger partial charge in [-0.05, 0) is 33.5 Å². The van der Waals surface area contributed by atoms with E-state index in [-0.39, 0.29) is 0 Å². The highest BCUT2D eigenvalue weighted by Gasteiger charge is 2.03. The van der Waals surface area contributed by atoms with Crippen molar-refractivity contribution in [3.8, 4) is 11.1 Å². The molecule has 5 heteroatoms. The van der Waals surface area contributed by atoms with Crippen molar-refractivity contribution >= 4 is 39.3 Å². The van der Waals surface area contributed by atoms with E-state index in [2.05, 4.69) is 70.1 Å². The minimum Gasteiger partial charge on any atom is -0.383 e. The third-order valence-corrected chi connectivity index (χ3v) is 4.65. The Bertz CT molecular complexity index is 1050. The summed E-state index contributed by atoms with van der Waals surface area (Å²) in [6.07, 6.45) is 1.78. The van der Waals surface area contributed by atoms with Crippen LogP contribution in [-0.2, 0) is 0 Å². The average molecular weight is 344 g/mol. The van der Waals surface area contributed by atoms with Crippen LogP contribution >= 0.6 is 11.3 Å². The topological polar surface area (TPSA) is 63.3 Å². The van der Waals surface area contributed by atoms with Crippen molar-refractivity contribution in [2.75, 3.05) is 11.2 Å². The second-order valence-electron chi connectivity index (χ2n) is 5.60. The number of hydrogen-bond donors (Lipinski definition) is 2. The van der Waals surface area contributed by atoms with Gasteiger partial charge in [0.2, 0.25) is 5.13 Å². The summed E-state index contributed by atoms with van der Waals surface area (Å²) in [5.74, 6) is 0.501. The molecule has 3 aromatic carbocycles. The normalized spacial score (nSPS) is 11.2. The Kier molecular flexibility index (Phi) is 4.14. The first-order chi connectivity index (χ1) is 12.3. The summed E-state index contributed by atoms with van der Waals surface area (Å²) in [7, 11) is 0. The van der Waals surface area contributed by atoms with Crippen molar-refractivity contribution in [1.29, 1.82) is 0 Å². The fourth-order valence-corrected chi connectivity index (χ4v) is 3.31. The maximum atomic E-state index is 5.60. The Hall–Kier alpha value is -3.18. The Morgan fingerprint density at radius 3 is 2.72 bits per heavy atom. The zero-order valence-corrected chi connectivity index (χ0v) is 14.2. The highest BCUT2D eigenvalue weighted by Crippen LogP contribution is 2.28. The van der Waals surface area contributed by atoms with Crippen LogP contribution in [0.4, 0.5) is 10.9 Å². The Labute approximate surface area is 149 Å². The second-order valence-corrected chi connectivity index (χ2v) is 6.46. The van der Waals surface area contributed by atoms with Crippen LogP contribution in [0.3, 0.4) is 0 Å². The fraction of sp³-hybridized carbons (Fsp3) is 0. The lowest BCUT2D eigenvalue weighted by Crippen LogP contribution is -1.91. The van der Waals surface area contributed by atoms with E-state index >= 15 is 0 Å². The van der Waals surface area contributed by atoms with E-state index in [4.69, 9.17) is 5.73 Å². The lowest BCUT2D eigenvalue weighted by molar-refractivity contribution is 1.29. The molecule has 4 rings (SSSR count). The van der Waals surface area contributed by atoms with Gasteiger partial charge in [0.1, 0.15) is 5.82 Å². The molecule has 0 aliphatic rings. The molecule has 122 valence electrons. The van der Waals surface area contributed by atoms with Crippen molar-refractivity contribution in [2.45, 2.75) is 0 Å². The third kappa shape index (κ3) is 3.36. The number of aromatic nitrogens is 1. The SMILES string of the molecule is Nc1csc(NN=Cc2cccc(-c3cccc4ccccc34)c2)n1. The molecule has 1 aromatic heterocycles. The molecular formula is C20H16N4S. The summed E-state index contributed by atoms with van der Waals surface area (Å²) in [6.45, 7) is 0. The first kappa shape index (κ1) is 15.4. The molecule has 4 nitrogen and oxygen atoms in total. The predicted octanol–water partition coefficient (Wildman–Crippen LogP) is 4.99. The van der Waals surface area contributed by atoms with E-state index in [0.29, 0.717) is 10.9 Å². The summed E-state index contributed by atoms with van der Waals surface area (Å²) < 4.78 is 0. The number of hydrazone groups is 1. The Balaban J connectivity index is 1.62. The maximum Gasteiger partial charge on any atom is 0.205 e. The van der Waals surface area contributed by atoms with Crippen molar-refractivity contribution in [1.82, 2.24) is 4.98 Å². The number of rotatable bonds is 4. The molecule has 0 radical (unpaired) electrons. The van der Waals surface area contributed by atoms with Gasteiger partial charge in [0, 0.05) is 5.38 Å². The molecular weight excluding hydrogens is 328 g/mol. The van der Waals surface area contributed by atoms with Gasteiger partial charge in [0.15, 0.2) is 0 Å². The highest BCUT2D eigenvalue weighted by molar-refractivity contribution is 7.14. The molecule has 1 heterocycles. The van der Waals surface area contributed by atoms with Crippen molar-refractivity contribution < 1.29 is 0 Å². The number of nitrogens with zero attached hydrogens (tertiary/aromatic N) is 2. The number of nitrogen functional groups attached to an aromatic ring is 1. The summed E-state index contributed by atoms with van der Waals surface area (Å²) in [4.78, 5) is 4.11. The number of thiazole rings is 1. The van der Waals surface area contributed by atoms with Crippen LogP contribution in [-0.4, -0.2) is 11.2 Å². The number of fused-ring (bicyclic) bond motifs is 1. The number of anilines is 2. The van der Waals surface area contributed by atoms with Crippen LogP contribution < -0.4 is 11.2 Å². The van der Waals surface area contributed by atoms with Gasteiger partial charge in [-0.25, -0.2) is 4.98 Å². The zero-order chi connectivity index (χ0) is 17.1. The molecule has 0 bridgehead atoms. The monoisotopic (exact) mass is 344 g/mol. The molecule has 0 atom stereocenters. The molecule has 25 heavy (non-hydrogen) atoms. The predicted molar refractivity (Wildman–Crippen MR) is 107 cm³/mol. The largest absolute Gasteiger partial charge is 0.383 e. The summed E-state index contributed by atoms with van der Waals surface area (Å²) >= 11 is 1.43. The van der Waals surface area contributed by atoms with Crippen LogP contribution in [0.25, 0.3) is 21.9 Å². The van der Waals surface area contributed by atoms with Gasteiger partial charge in [0.05, 0.1) is 6.21 Å². The van der Waals surface area contributed by atoms with Crippen LogP contribution in [0.15, 0.2) is 77.2 Å². The summed E-state index contributed by atoms with van der Waals surface area (Å²) in [5.41, 5.74) is 11.9. The van der Waals surface area contributed by atoms with E-state index in [0.717, 1.165) is 5.56 Å².